The number of halogens is 2. The first kappa shape index (κ1) is 18.3. The Morgan fingerprint density at radius 2 is 1.92 bits per heavy atom. The first-order valence-corrected chi connectivity index (χ1v) is 8.27. The lowest BCUT2D eigenvalue weighted by molar-refractivity contribution is -0.128. The van der Waals surface area contributed by atoms with E-state index in [0.29, 0.717) is 17.2 Å². The number of hydrogen-bond acceptors (Lipinski definition) is 2. The fourth-order valence-corrected chi connectivity index (χ4v) is 2.44. The fraction of sp³-hybridized carbons (Fsp3) is 0.316. The Labute approximate surface area is 146 Å². The van der Waals surface area contributed by atoms with Crippen molar-refractivity contribution in [2.75, 3.05) is 0 Å². The third-order valence-corrected chi connectivity index (χ3v) is 4.22. The summed E-state index contributed by atoms with van der Waals surface area (Å²) in [6.07, 6.45) is -0.0719. The smallest absolute Gasteiger partial charge is 0.261 e. The van der Waals surface area contributed by atoms with Crippen molar-refractivity contribution in [2.45, 2.75) is 39.3 Å². The molecule has 2 aromatic carbocycles. The molecule has 0 radical (unpaired) electrons. The van der Waals surface area contributed by atoms with Crippen LogP contribution in [0, 0.1) is 12.7 Å². The summed E-state index contributed by atoms with van der Waals surface area (Å²) in [5, 5.41) is 3.56. The van der Waals surface area contributed by atoms with Gasteiger partial charge in [0, 0.05) is 5.02 Å². The molecule has 1 N–H and O–H groups in total. The summed E-state index contributed by atoms with van der Waals surface area (Å²) in [6.45, 7) is 5.62. The molecule has 0 heterocycles. The van der Waals surface area contributed by atoms with Crippen LogP contribution in [0.5, 0.6) is 5.75 Å². The van der Waals surface area contributed by atoms with Crippen molar-refractivity contribution >= 4 is 17.5 Å². The maximum Gasteiger partial charge on any atom is 0.261 e. The molecule has 0 aliphatic carbocycles. The highest BCUT2D eigenvalue weighted by atomic mass is 35.5. The second kappa shape index (κ2) is 8.15. The van der Waals surface area contributed by atoms with Gasteiger partial charge in [-0.05, 0) is 61.7 Å². The van der Waals surface area contributed by atoms with E-state index < -0.39 is 6.10 Å². The first-order chi connectivity index (χ1) is 11.4. The van der Waals surface area contributed by atoms with Crippen molar-refractivity contribution in [1.29, 1.82) is 0 Å². The number of nitrogens with one attached hydrogen (secondary N) is 1. The quantitative estimate of drug-likeness (QED) is 0.811. The van der Waals surface area contributed by atoms with E-state index >= 15 is 0 Å². The van der Waals surface area contributed by atoms with E-state index in [9.17, 15) is 9.18 Å². The molecule has 0 fully saturated rings. The van der Waals surface area contributed by atoms with E-state index in [-0.39, 0.29) is 17.8 Å². The van der Waals surface area contributed by atoms with E-state index in [4.69, 9.17) is 16.3 Å². The molecule has 0 aliphatic rings. The van der Waals surface area contributed by atoms with Crippen LogP contribution in [0.1, 0.15) is 37.4 Å². The maximum atomic E-state index is 13.0. The molecular formula is C19H21ClFNO2. The van der Waals surface area contributed by atoms with Crippen LogP contribution < -0.4 is 10.1 Å². The number of benzene rings is 2. The monoisotopic (exact) mass is 349 g/mol. The number of rotatable bonds is 6. The third kappa shape index (κ3) is 4.71. The highest BCUT2D eigenvalue weighted by molar-refractivity contribution is 6.31. The minimum absolute atomic E-state index is 0.207. The van der Waals surface area contributed by atoms with Crippen LogP contribution in [-0.2, 0) is 4.79 Å². The van der Waals surface area contributed by atoms with Gasteiger partial charge in [0.2, 0.25) is 0 Å². The Bertz CT molecular complexity index is 703. The van der Waals surface area contributed by atoms with E-state index in [1.165, 1.54) is 12.1 Å². The normalized spacial score (nSPS) is 13.2. The topological polar surface area (TPSA) is 38.3 Å². The van der Waals surface area contributed by atoms with Crippen molar-refractivity contribution in [1.82, 2.24) is 5.32 Å². The fourth-order valence-electron chi connectivity index (χ4n) is 2.32. The molecule has 2 aromatic rings. The van der Waals surface area contributed by atoms with Gasteiger partial charge in [-0.15, -0.1) is 0 Å². The van der Waals surface area contributed by atoms with Crippen molar-refractivity contribution in [3.05, 3.63) is 64.4 Å². The molecular weight excluding hydrogens is 329 g/mol. The number of amides is 1. The highest BCUT2D eigenvalue weighted by Crippen LogP contribution is 2.22. The predicted octanol–water partition coefficient (Wildman–Crippen LogP) is 4.82. The zero-order chi connectivity index (χ0) is 17.7. The Morgan fingerprint density at radius 1 is 1.25 bits per heavy atom. The lowest BCUT2D eigenvalue weighted by Gasteiger charge is -2.21. The van der Waals surface area contributed by atoms with Gasteiger partial charge >= 0.3 is 0 Å². The molecule has 5 heteroatoms. The molecule has 3 nitrogen and oxygen atoms in total. The summed E-state index contributed by atoms with van der Waals surface area (Å²) in [5.74, 6) is 0.0976. The molecule has 0 saturated heterocycles. The molecule has 2 atom stereocenters. The lowest BCUT2D eigenvalue weighted by atomic mass is 10.1. The first-order valence-electron chi connectivity index (χ1n) is 7.89. The highest BCUT2D eigenvalue weighted by Gasteiger charge is 2.21. The van der Waals surface area contributed by atoms with Crippen molar-refractivity contribution in [3.8, 4) is 5.75 Å². The second-order valence-corrected chi connectivity index (χ2v) is 6.11. The SMILES string of the molecule is CC[C@H](Oc1ccc(Cl)c(C)c1)C(=O)N[C@@H](C)c1ccc(F)cc1. The summed E-state index contributed by atoms with van der Waals surface area (Å²) in [5.41, 5.74) is 1.73. The Morgan fingerprint density at radius 3 is 2.50 bits per heavy atom. The van der Waals surface area contributed by atoms with Crippen LogP contribution in [0.15, 0.2) is 42.5 Å². The summed E-state index contributed by atoms with van der Waals surface area (Å²) >= 11 is 6.00. The minimum atomic E-state index is -0.603. The Balaban J connectivity index is 2.02. The Hall–Kier alpha value is -2.07. The maximum absolute atomic E-state index is 13.0. The number of hydrogen-bond donors (Lipinski definition) is 1. The van der Waals surface area contributed by atoms with E-state index in [2.05, 4.69) is 5.32 Å². The molecule has 2 rings (SSSR count). The molecule has 0 unspecified atom stereocenters. The third-order valence-electron chi connectivity index (χ3n) is 3.80. The zero-order valence-corrected chi connectivity index (χ0v) is 14.7. The summed E-state index contributed by atoms with van der Waals surface area (Å²) in [7, 11) is 0. The van der Waals surface area contributed by atoms with Gasteiger partial charge in [0.05, 0.1) is 6.04 Å². The van der Waals surface area contributed by atoms with E-state index in [0.717, 1.165) is 11.1 Å². The van der Waals surface area contributed by atoms with Crippen molar-refractivity contribution in [3.63, 3.8) is 0 Å². The van der Waals surface area contributed by atoms with Gasteiger partial charge in [0.15, 0.2) is 6.10 Å². The van der Waals surface area contributed by atoms with Crippen LogP contribution in [0.2, 0.25) is 5.02 Å². The van der Waals surface area contributed by atoms with Crippen molar-refractivity contribution in [2.24, 2.45) is 0 Å². The van der Waals surface area contributed by atoms with Gasteiger partial charge in [-0.1, -0.05) is 30.7 Å². The lowest BCUT2D eigenvalue weighted by Crippen LogP contribution is -2.39. The van der Waals surface area contributed by atoms with Crippen LogP contribution in [0.3, 0.4) is 0 Å². The predicted molar refractivity (Wildman–Crippen MR) is 93.9 cm³/mol. The molecule has 0 spiro atoms. The molecule has 128 valence electrons. The van der Waals surface area contributed by atoms with Crippen molar-refractivity contribution < 1.29 is 13.9 Å². The van der Waals surface area contributed by atoms with Gasteiger partial charge in [-0.3, -0.25) is 4.79 Å². The zero-order valence-electron chi connectivity index (χ0n) is 14.0. The van der Waals surface area contributed by atoms with Gasteiger partial charge in [-0.2, -0.15) is 0 Å². The van der Waals surface area contributed by atoms with Crippen LogP contribution in [0.25, 0.3) is 0 Å². The summed E-state index contributed by atoms with van der Waals surface area (Å²) in [6, 6.07) is 11.1. The standard InChI is InChI=1S/C19H21ClFNO2/c1-4-18(24-16-9-10-17(20)12(2)11-16)19(23)22-13(3)14-5-7-15(21)8-6-14/h5-11,13,18H,4H2,1-3H3,(H,22,23)/t13-,18-/m0/s1. The van der Waals surface area contributed by atoms with Gasteiger partial charge < -0.3 is 10.1 Å². The largest absolute Gasteiger partial charge is 0.481 e. The van der Waals surface area contributed by atoms with Crippen LogP contribution in [-0.4, -0.2) is 12.0 Å². The average molecular weight is 350 g/mol. The molecule has 0 aromatic heterocycles. The molecule has 24 heavy (non-hydrogen) atoms. The molecule has 0 aliphatic heterocycles. The second-order valence-electron chi connectivity index (χ2n) is 5.71. The molecule has 0 bridgehead atoms. The Kier molecular flexibility index (Phi) is 6.21. The average Bonchev–Trinajstić information content (AvgIpc) is 2.56. The van der Waals surface area contributed by atoms with Gasteiger partial charge in [0.25, 0.3) is 5.91 Å². The van der Waals surface area contributed by atoms with Gasteiger partial charge in [0.1, 0.15) is 11.6 Å². The number of aryl methyl sites for hydroxylation is 1. The number of carbonyl (C=O) groups is 1. The molecule has 0 saturated carbocycles. The van der Waals surface area contributed by atoms with E-state index in [1.54, 1.807) is 24.3 Å². The summed E-state index contributed by atoms with van der Waals surface area (Å²) < 4.78 is 18.8. The van der Waals surface area contributed by atoms with Gasteiger partial charge in [-0.25, -0.2) is 4.39 Å². The number of ether oxygens (including phenoxy) is 1. The number of carbonyl (C=O) groups excluding carboxylic acids is 1. The minimum Gasteiger partial charge on any atom is -0.481 e. The van der Waals surface area contributed by atoms with Crippen LogP contribution in [0.4, 0.5) is 4.39 Å². The van der Waals surface area contributed by atoms with E-state index in [1.807, 2.05) is 26.8 Å². The van der Waals surface area contributed by atoms with Crippen LogP contribution >= 0.6 is 11.6 Å². The summed E-state index contributed by atoms with van der Waals surface area (Å²) in [4.78, 5) is 12.4. The molecule has 1 amide bonds.